The zero-order valence-corrected chi connectivity index (χ0v) is 10.5. The molecule has 1 heterocycles. The summed E-state index contributed by atoms with van der Waals surface area (Å²) in [6.45, 7) is 2.43. The standard InChI is InChI=1S/C14H17F2NO/c1-10(18)14-7-2-3-8-17(14)9-11-12(15)5-4-6-13(11)16/h4-6,14H,2-3,7-9H2,1H3. The van der Waals surface area contributed by atoms with Crippen molar-refractivity contribution in [2.75, 3.05) is 6.54 Å². The number of nitrogens with zero attached hydrogens (tertiary/aromatic N) is 1. The predicted octanol–water partition coefficient (Wildman–Crippen LogP) is 2.91. The molecule has 4 heteroatoms. The van der Waals surface area contributed by atoms with E-state index >= 15 is 0 Å². The van der Waals surface area contributed by atoms with Gasteiger partial charge in [0.05, 0.1) is 6.04 Å². The summed E-state index contributed by atoms with van der Waals surface area (Å²) < 4.78 is 27.2. The zero-order valence-electron chi connectivity index (χ0n) is 10.5. The molecule has 1 saturated heterocycles. The summed E-state index contributed by atoms with van der Waals surface area (Å²) in [6.07, 6.45) is 2.76. The van der Waals surface area contributed by atoms with Crippen LogP contribution in [-0.2, 0) is 11.3 Å². The van der Waals surface area contributed by atoms with Gasteiger partial charge >= 0.3 is 0 Å². The van der Waals surface area contributed by atoms with Crippen molar-refractivity contribution in [2.45, 2.75) is 38.8 Å². The second-order valence-corrected chi connectivity index (χ2v) is 4.79. The second kappa shape index (κ2) is 5.57. The van der Waals surface area contributed by atoms with Crippen molar-refractivity contribution in [1.29, 1.82) is 0 Å². The minimum atomic E-state index is -0.539. The van der Waals surface area contributed by atoms with Crippen LogP contribution in [0.3, 0.4) is 0 Å². The molecule has 98 valence electrons. The fourth-order valence-corrected chi connectivity index (χ4v) is 2.53. The molecule has 0 amide bonds. The van der Waals surface area contributed by atoms with Gasteiger partial charge in [-0.15, -0.1) is 0 Å². The quantitative estimate of drug-likeness (QED) is 0.825. The minimum absolute atomic E-state index is 0.0608. The number of carbonyl (C=O) groups is 1. The molecule has 0 bridgehead atoms. The maximum Gasteiger partial charge on any atom is 0.146 e. The monoisotopic (exact) mass is 253 g/mol. The van der Waals surface area contributed by atoms with Crippen LogP contribution in [0.1, 0.15) is 31.7 Å². The van der Waals surface area contributed by atoms with E-state index in [1.807, 2.05) is 4.90 Å². The number of benzene rings is 1. The van der Waals surface area contributed by atoms with Gasteiger partial charge in [-0.2, -0.15) is 0 Å². The van der Waals surface area contributed by atoms with Crippen molar-refractivity contribution in [3.05, 3.63) is 35.4 Å². The molecule has 2 nitrogen and oxygen atoms in total. The zero-order chi connectivity index (χ0) is 13.1. The lowest BCUT2D eigenvalue weighted by molar-refractivity contribution is -0.123. The van der Waals surface area contributed by atoms with Crippen molar-refractivity contribution < 1.29 is 13.6 Å². The maximum atomic E-state index is 13.6. The smallest absolute Gasteiger partial charge is 0.146 e. The lowest BCUT2D eigenvalue weighted by atomic mass is 9.98. The topological polar surface area (TPSA) is 20.3 Å². The highest BCUT2D eigenvalue weighted by Crippen LogP contribution is 2.22. The number of carbonyl (C=O) groups excluding carboxylic acids is 1. The van der Waals surface area contributed by atoms with E-state index in [1.54, 1.807) is 6.92 Å². The molecule has 1 aromatic carbocycles. The van der Waals surface area contributed by atoms with Crippen LogP contribution in [0.15, 0.2) is 18.2 Å². The Morgan fingerprint density at radius 2 is 2.00 bits per heavy atom. The van der Waals surface area contributed by atoms with E-state index in [2.05, 4.69) is 0 Å². The Morgan fingerprint density at radius 1 is 1.33 bits per heavy atom. The summed E-state index contributed by atoms with van der Waals surface area (Å²) in [4.78, 5) is 13.4. The van der Waals surface area contributed by atoms with Gasteiger partial charge in [-0.05, 0) is 38.4 Å². The van der Waals surface area contributed by atoms with Crippen LogP contribution in [0.4, 0.5) is 8.78 Å². The van der Waals surface area contributed by atoms with Gasteiger partial charge in [-0.1, -0.05) is 12.5 Å². The molecule has 1 fully saturated rings. The van der Waals surface area contributed by atoms with Crippen molar-refractivity contribution >= 4 is 5.78 Å². The summed E-state index contributed by atoms with van der Waals surface area (Å²) in [6, 6.07) is 3.67. The SMILES string of the molecule is CC(=O)C1CCCCN1Cc1c(F)cccc1F. The highest BCUT2D eigenvalue weighted by Gasteiger charge is 2.27. The Bertz CT molecular complexity index is 427. The molecular weight excluding hydrogens is 236 g/mol. The van der Waals surface area contributed by atoms with Gasteiger partial charge in [0.1, 0.15) is 17.4 Å². The van der Waals surface area contributed by atoms with Gasteiger partial charge in [-0.3, -0.25) is 9.69 Å². The first-order valence-corrected chi connectivity index (χ1v) is 6.27. The molecule has 0 N–H and O–H groups in total. The average molecular weight is 253 g/mol. The summed E-state index contributed by atoms with van der Waals surface area (Å²) in [5, 5.41) is 0. The molecule has 0 radical (unpaired) electrons. The third-order valence-electron chi connectivity index (χ3n) is 3.51. The minimum Gasteiger partial charge on any atom is -0.298 e. The summed E-state index contributed by atoms with van der Waals surface area (Å²) in [5.74, 6) is -1.00. The molecule has 0 spiro atoms. The van der Waals surface area contributed by atoms with E-state index in [4.69, 9.17) is 0 Å². The highest BCUT2D eigenvalue weighted by atomic mass is 19.1. The fourth-order valence-electron chi connectivity index (χ4n) is 2.53. The molecule has 0 saturated carbocycles. The average Bonchev–Trinajstić information content (AvgIpc) is 2.34. The lowest BCUT2D eigenvalue weighted by Crippen LogP contribution is -2.43. The summed E-state index contributed by atoms with van der Waals surface area (Å²) >= 11 is 0. The predicted molar refractivity (Wildman–Crippen MR) is 65.1 cm³/mol. The van der Waals surface area contributed by atoms with Crippen molar-refractivity contribution in [3.8, 4) is 0 Å². The summed E-state index contributed by atoms with van der Waals surface area (Å²) in [5.41, 5.74) is 0.0608. The molecule has 1 aliphatic heterocycles. The van der Waals surface area contributed by atoms with Crippen LogP contribution >= 0.6 is 0 Å². The fraction of sp³-hybridized carbons (Fsp3) is 0.500. The van der Waals surface area contributed by atoms with Crippen molar-refractivity contribution in [2.24, 2.45) is 0 Å². The molecule has 2 rings (SSSR count). The maximum absolute atomic E-state index is 13.6. The van der Waals surface area contributed by atoms with Crippen LogP contribution in [-0.4, -0.2) is 23.3 Å². The largest absolute Gasteiger partial charge is 0.298 e. The number of ketones is 1. The summed E-state index contributed by atoms with van der Waals surface area (Å²) in [7, 11) is 0. The van der Waals surface area contributed by atoms with Gasteiger partial charge < -0.3 is 0 Å². The molecule has 1 atom stereocenters. The van der Waals surface area contributed by atoms with Crippen molar-refractivity contribution in [1.82, 2.24) is 4.90 Å². The van der Waals surface area contributed by atoms with E-state index < -0.39 is 11.6 Å². The van der Waals surface area contributed by atoms with E-state index in [1.165, 1.54) is 18.2 Å². The molecule has 0 aliphatic carbocycles. The van der Waals surface area contributed by atoms with Gasteiger partial charge in [0.25, 0.3) is 0 Å². The van der Waals surface area contributed by atoms with Gasteiger partial charge in [0, 0.05) is 12.1 Å². The number of rotatable bonds is 3. The van der Waals surface area contributed by atoms with Crippen LogP contribution in [0.25, 0.3) is 0 Å². The molecule has 1 unspecified atom stereocenters. The normalized spacial score (nSPS) is 20.9. The number of likely N-dealkylation sites (tertiary alicyclic amines) is 1. The van der Waals surface area contributed by atoms with E-state index in [9.17, 15) is 13.6 Å². The van der Waals surface area contributed by atoms with Crippen molar-refractivity contribution in [3.63, 3.8) is 0 Å². The Labute approximate surface area is 106 Å². The van der Waals surface area contributed by atoms with Gasteiger partial charge in [0.15, 0.2) is 0 Å². The molecule has 18 heavy (non-hydrogen) atoms. The molecule has 1 aromatic rings. The first-order valence-electron chi connectivity index (χ1n) is 6.27. The highest BCUT2D eigenvalue weighted by molar-refractivity contribution is 5.81. The van der Waals surface area contributed by atoms with Crippen LogP contribution in [0, 0.1) is 11.6 Å². The Hall–Kier alpha value is -1.29. The number of hydrogen-bond donors (Lipinski definition) is 0. The molecule has 1 aliphatic rings. The molecule has 0 aromatic heterocycles. The van der Waals surface area contributed by atoms with Gasteiger partial charge in [0.2, 0.25) is 0 Å². The number of halogens is 2. The third kappa shape index (κ3) is 2.75. The number of piperidine rings is 1. The van der Waals surface area contributed by atoms with E-state index in [-0.39, 0.29) is 23.9 Å². The van der Waals surface area contributed by atoms with E-state index in [0.29, 0.717) is 0 Å². The first kappa shape index (κ1) is 13.1. The second-order valence-electron chi connectivity index (χ2n) is 4.79. The Kier molecular flexibility index (Phi) is 4.07. The molecular formula is C14H17F2NO. The van der Waals surface area contributed by atoms with E-state index in [0.717, 1.165) is 25.8 Å². The lowest BCUT2D eigenvalue weighted by Gasteiger charge is -2.34. The first-order chi connectivity index (χ1) is 8.59. The number of hydrogen-bond acceptors (Lipinski definition) is 2. The Morgan fingerprint density at radius 3 is 2.61 bits per heavy atom. The Balaban J connectivity index is 2.18. The van der Waals surface area contributed by atoms with Crippen LogP contribution < -0.4 is 0 Å². The van der Waals surface area contributed by atoms with Crippen LogP contribution in [0.5, 0.6) is 0 Å². The van der Waals surface area contributed by atoms with Crippen LogP contribution in [0.2, 0.25) is 0 Å². The number of Topliss-reactive ketones (excluding diaryl/α,β-unsaturated/α-hetero) is 1. The van der Waals surface area contributed by atoms with Gasteiger partial charge in [-0.25, -0.2) is 8.78 Å². The third-order valence-corrected chi connectivity index (χ3v) is 3.51.